The molecule has 0 heterocycles. The summed E-state index contributed by atoms with van der Waals surface area (Å²) in [6.45, 7) is 2.13. The lowest BCUT2D eigenvalue weighted by molar-refractivity contribution is 0.443. The minimum Gasteiger partial charge on any atom is -0.286 e. The minimum absolute atomic E-state index is 0.582. The molecule has 1 fully saturated rings. The topological polar surface area (TPSA) is 12.4 Å². The van der Waals surface area contributed by atoms with E-state index >= 15 is 0 Å². The molecule has 0 N–H and O–H groups in total. The number of hydrogen-bond acceptors (Lipinski definition) is 1. The molecule has 2 rings (SSSR count). The average Bonchev–Trinajstić information content (AvgIpc) is 2.31. The number of hydrogen-bond donors (Lipinski definition) is 0. The Kier molecular flexibility index (Phi) is 3.54. The molecule has 0 radical (unpaired) electrons. The summed E-state index contributed by atoms with van der Waals surface area (Å²) in [5.74, 6) is 0. The van der Waals surface area contributed by atoms with Gasteiger partial charge in [-0.05, 0) is 25.3 Å². The monoisotopic (exact) mass is 201 g/mol. The third-order valence-electron chi connectivity index (χ3n) is 3.14. The summed E-state index contributed by atoms with van der Waals surface area (Å²) in [5.41, 5.74) is 2.46. The quantitative estimate of drug-likeness (QED) is 0.645. The van der Waals surface area contributed by atoms with E-state index in [1.807, 2.05) is 0 Å². The van der Waals surface area contributed by atoms with Crippen LogP contribution in [0.1, 0.15) is 44.6 Å². The third-order valence-corrected chi connectivity index (χ3v) is 3.14. The molecule has 0 aromatic heterocycles. The first-order chi connectivity index (χ1) is 7.36. The smallest absolute Gasteiger partial charge is 0.0503 e. The molecule has 0 spiro atoms. The predicted octanol–water partition coefficient (Wildman–Crippen LogP) is 3.83. The van der Waals surface area contributed by atoms with E-state index in [-0.39, 0.29) is 0 Å². The van der Waals surface area contributed by atoms with Crippen LogP contribution in [0.15, 0.2) is 35.3 Å². The van der Waals surface area contributed by atoms with Crippen molar-refractivity contribution in [3.63, 3.8) is 0 Å². The van der Waals surface area contributed by atoms with Crippen molar-refractivity contribution in [1.82, 2.24) is 0 Å². The van der Waals surface area contributed by atoms with Gasteiger partial charge >= 0.3 is 0 Å². The van der Waals surface area contributed by atoms with Crippen molar-refractivity contribution < 1.29 is 0 Å². The molecule has 80 valence electrons. The number of rotatable bonds is 2. The summed E-state index contributed by atoms with van der Waals surface area (Å²) >= 11 is 0. The fraction of sp³-hybridized carbons (Fsp3) is 0.500. The van der Waals surface area contributed by atoms with Gasteiger partial charge in [-0.25, -0.2) is 0 Å². The van der Waals surface area contributed by atoms with Crippen LogP contribution in [0.5, 0.6) is 0 Å². The Balaban J connectivity index is 2.06. The molecule has 1 nitrogen and oxygen atoms in total. The highest BCUT2D eigenvalue weighted by Crippen LogP contribution is 2.21. The van der Waals surface area contributed by atoms with Gasteiger partial charge in [-0.1, -0.05) is 49.6 Å². The number of nitrogens with zero attached hydrogens (tertiary/aromatic N) is 1. The zero-order chi connectivity index (χ0) is 10.5. The van der Waals surface area contributed by atoms with E-state index in [4.69, 9.17) is 4.99 Å². The Morgan fingerprint density at radius 3 is 2.40 bits per heavy atom. The Morgan fingerprint density at radius 1 is 1.07 bits per heavy atom. The fourth-order valence-electron chi connectivity index (χ4n) is 2.24. The molecular formula is C14H19N. The normalized spacial score (nSPS) is 19.1. The van der Waals surface area contributed by atoms with Crippen molar-refractivity contribution in [2.75, 3.05) is 0 Å². The summed E-state index contributed by atoms with van der Waals surface area (Å²) in [4.78, 5) is 4.82. The molecule has 15 heavy (non-hydrogen) atoms. The molecule has 0 amide bonds. The van der Waals surface area contributed by atoms with Gasteiger partial charge in [0.25, 0.3) is 0 Å². The van der Waals surface area contributed by atoms with Crippen molar-refractivity contribution in [2.45, 2.75) is 45.1 Å². The Bertz CT molecular complexity index is 320. The van der Waals surface area contributed by atoms with Gasteiger partial charge in [-0.15, -0.1) is 0 Å². The third kappa shape index (κ3) is 2.92. The van der Waals surface area contributed by atoms with Crippen LogP contribution in [0.2, 0.25) is 0 Å². The van der Waals surface area contributed by atoms with Gasteiger partial charge in [-0.3, -0.25) is 4.99 Å². The zero-order valence-electron chi connectivity index (χ0n) is 9.45. The summed E-state index contributed by atoms with van der Waals surface area (Å²) in [6, 6.07) is 11.1. The highest BCUT2D eigenvalue weighted by molar-refractivity contribution is 5.98. The van der Waals surface area contributed by atoms with Gasteiger partial charge < -0.3 is 0 Å². The lowest BCUT2D eigenvalue weighted by Gasteiger charge is -2.18. The van der Waals surface area contributed by atoms with Crippen molar-refractivity contribution in [2.24, 2.45) is 4.99 Å². The first-order valence-electron chi connectivity index (χ1n) is 5.96. The van der Waals surface area contributed by atoms with E-state index in [1.54, 1.807) is 0 Å². The zero-order valence-corrected chi connectivity index (χ0v) is 9.45. The molecule has 1 aromatic carbocycles. The molecule has 1 aromatic rings. The molecule has 0 aliphatic heterocycles. The van der Waals surface area contributed by atoms with E-state index in [0.717, 1.165) is 0 Å². The standard InChI is InChI=1S/C14H19N/c1-12(13-8-4-2-5-9-13)15-14-10-6-3-7-11-14/h2,4-5,8-9,14H,3,6-7,10-11H2,1H3/b15-12-. The van der Waals surface area contributed by atoms with Crippen LogP contribution in [0.25, 0.3) is 0 Å². The van der Waals surface area contributed by atoms with Crippen molar-refractivity contribution in [3.8, 4) is 0 Å². The van der Waals surface area contributed by atoms with Gasteiger partial charge in [-0.2, -0.15) is 0 Å². The molecule has 0 atom stereocenters. The molecule has 0 saturated heterocycles. The van der Waals surface area contributed by atoms with E-state index in [2.05, 4.69) is 37.3 Å². The predicted molar refractivity (Wildman–Crippen MR) is 65.5 cm³/mol. The van der Waals surface area contributed by atoms with E-state index in [0.29, 0.717) is 6.04 Å². The van der Waals surface area contributed by atoms with Crippen LogP contribution in [-0.2, 0) is 0 Å². The fourth-order valence-corrected chi connectivity index (χ4v) is 2.24. The highest BCUT2D eigenvalue weighted by atomic mass is 14.8. The summed E-state index contributed by atoms with van der Waals surface area (Å²) in [6.07, 6.45) is 6.68. The van der Waals surface area contributed by atoms with Gasteiger partial charge in [0, 0.05) is 5.71 Å². The summed E-state index contributed by atoms with van der Waals surface area (Å²) in [5, 5.41) is 0. The van der Waals surface area contributed by atoms with Crippen LogP contribution < -0.4 is 0 Å². The van der Waals surface area contributed by atoms with Crippen molar-refractivity contribution in [3.05, 3.63) is 35.9 Å². The Hall–Kier alpha value is -1.11. The first-order valence-corrected chi connectivity index (χ1v) is 5.96. The first kappa shape index (κ1) is 10.4. The van der Waals surface area contributed by atoms with Crippen LogP contribution >= 0.6 is 0 Å². The second-order valence-corrected chi connectivity index (χ2v) is 4.37. The van der Waals surface area contributed by atoms with E-state index in [9.17, 15) is 0 Å². The van der Waals surface area contributed by atoms with Gasteiger partial charge in [0.05, 0.1) is 6.04 Å². The maximum absolute atomic E-state index is 4.82. The molecule has 1 aliphatic rings. The lowest BCUT2D eigenvalue weighted by Crippen LogP contribution is -2.12. The maximum atomic E-state index is 4.82. The number of benzene rings is 1. The van der Waals surface area contributed by atoms with Crippen LogP contribution in [0.3, 0.4) is 0 Å². The highest BCUT2D eigenvalue weighted by Gasteiger charge is 2.12. The lowest BCUT2D eigenvalue weighted by atomic mass is 9.96. The van der Waals surface area contributed by atoms with Gasteiger partial charge in [0.2, 0.25) is 0 Å². The van der Waals surface area contributed by atoms with E-state index in [1.165, 1.54) is 43.4 Å². The maximum Gasteiger partial charge on any atom is 0.0503 e. The molecule has 0 unspecified atom stereocenters. The Morgan fingerprint density at radius 2 is 1.73 bits per heavy atom. The largest absolute Gasteiger partial charge is 0.286 e. The van der Waals surface area contributed by atoms with Crippen molar-refractivity contribution in [1.29, 1.82) is 0 Å². The Labute approximate surface area is 92.2 Å². The number of aliphatic imine (C=N–C) groups is 1. The second-order valence-electron chi connectivity index (χ2n) is 4.37. The SMILES string of the molecule is C/C(=N/C1CCCCC1)c1ccccc1. The van der Waals surface area contributed by atoms with Gasteiger partial charge in [0.1, 0.15) is 0 Å². The summed E-state index contributed by atoms with van der Waals surface area (Å²) in [7, 11) is 0. The molecular weight excluding hydrogens is 182 g/mol. The van der Waals surface area contributed by atoms with Crippen molar-refractivity contribution >= 4 is 5.71 Å². The molecule has 1 aliphatic carbocycles. The van der Waals surface area contributed by atoms with Gasteiger partial charge in [0.15, 0.2) is 0 Å². The van der Waals surface area contributed by atoms with Crippen LogP contribution in [0, 0.1) is 0 Å². The molecule has 0 bridgehead atoms. The summed E-state index contributed by atoms with van der Waals surface area (Å²) < 4.78 is 0. The minimum atomic E-state index is 0.582. The van der Waals surface area contributed by atoms with E-state index < -0.39 is 0 Å². The van der Waals surface area contributed by atoms with Crippen LogP contribution in [-0.4, -0.2) is 11.8 Å². The molecule has 1 saturated carbocycles. The van der Waals surface area contributed by atoms with Crippen LogP contribution in [0.4, 0.5) is 0 Å². The average molecular weight is 201 g/mol. The second kappa shape index (κ2) is 5.11. The molecule has 1 heteroatoms.